The lowest BCUT2D eigenvalue weighted by atomic mass is 10.2. The molecule has 0 aliphatic rings. The fraction of sp³-hybridized carbons (Fsp3) is 0.375. The van der Waals surface area contributed by atoms with Crippen molar-refractivity contribution in [3.63, 3.8) is 0 Å². The molecule has 0 saturated carbocycles. The second-order valence-electron chi connectivity index (χ2n) is 18.6. The Morgan fingerprint density at radius 3 is 1.58 bits per heavy atom. The fourth-order valence-corrected chi connectivity index (χ4v) is 8.41. The number of hydrogen-bond donors (Lipinski definition) is 4. The molecule has 0 aliphatic heterocycles. The van der Waals surface area contributed by atoms with Gasteiger partial charge in [-0.05, 0) is 97.2 Å². The summed E-state index contributed by atoms with van der Waals surface area (Å²) in [6.45, 7) is 22.0. The van der Waals surface area contributed by atoms with Gasteiger partial charge in [0.2, 0.25) is 11.2 Å². The highest BCUT2D eigenvalue weighted by atomic mass is 35.5. The highest BCUT2D eigenvalue weighted by Crippen LogP contribution is 2.26. The van der Waals surface area contributed by atoms with E-state index in [1.54, 1.807) is 41.1 Å². The SMILES string of the molecule is CCCNC(=O)c1ccc(N)cc1.CCCNC(=O)c1ccc(Nc2nc3c(ccn3COCC[Si](C)(C)C)c3nccn23)cc1.C[Si](C)(C)CCOCn1ccc2c1nc(Cl)n1ccnc21. The number of rotatable bonds is 18. The number of nitrogens with zero attached hydrogens (tertiary/aromatic N) is 8. The average molecular weight is 966 g/mol. The standard InChI is InChI=1S/C24H32N6O2Si.C14H19ClN4OSi.C10H14N2O/c1-5-11-26-23(31)18-6-8-19(9-7-18)27-24-28-22-20(21-25-12-14-30(21)24)10-13-29(22)17-32-15-16-33(2,3)4;1-21(2,3)9-8-20-10-18-6-4-11-12-16-5-7-19(12)14(15)17-13(11)18;1-2-7-12-10(13)8-3-5-9(11)6-4-8/h6-10,12-14H,5,11,15-17H2,1-4H3,(H,26,31)(H,27,28);4-7H,8-10H2,1-3H3;3-6H,2,7,11H2,1H3,(H,12,13). The van der Waals surface area contributed by atoms with Crippen molar-refractivity contribution in [2.45, 2.75) is 91.5 Å². The van der Waals surface area contributed by atoms with Gasteiger partial charge in [0.05, 0.1) is 10.8 Å². The molecule has 19 heteroatoms. The molecule has 67 heavy (non-hydrogen) atoms. The van der Waals surface area contributed by atoms with Crippen LogP contribution in [0.3, 0.4) is 0 Å². The lowest BCUT2D eigenvalue weighted by Gasteiger charge is -2.16. The summed E-state index contributed by atoms with van der Waals surface area (Å²) in [7, 11) is -2.18. The molecule has 0 fully saturated rings. The van der Waals surface area contributed by atoms with Crippen molar-refractivity contribution in [3.8, 4) is 0 Å². The molecule has 2 amide bonds. The number of halogens is 1. The zero-order valence-corrected chi connectivity index (χ0v) is 42.7. The van der Waals surface area contributed by atoms with Gasteiger partial charge in [-0.1, -0.05) is 53.1 Å². The number of benzene rings is 2. The number of nitrogens with two attached hydrogens (primary N) is 1. The highest BCUT2D eigenvalue weighted by molar-refractivity contribution is 6.76. The molecule has 0 saturated heterocycles. The minimum absolute atomic E-state index is 0.0400. The Morgan fingerprint density at radius 2 is 1.09 bits per heavy atom. The highest BCUT2D eigenvalue weighted by Gasteiger charge is 2.17. The van der Waals surface area contributed by atoms with Crippen molar-refractivity contribution in [2.75, 3.05) is 37.4 Å². The summed E-state index contributed by atoms with van der Waals surface area (Å²) >= 11 is 6.19. The number of hydrogen-bond acceptors (Lipinski definition) is 10. The minimum Gasteiger partial charge on any atom is -0.399 e. The van der Waals surface area contributed by atoms with Crippen LogP contribution in [-0.2, 0) is 22.9 Å². The normalized spacial score (nSPS) is 11.7. The van der Waals surface area contributed by atoms with Gasteiger partial charge in [0, 0.05) is 102 Å². The summed E-state index contributed by atoms with van der Waals surface area (Å²) in [5.74, 6) is 0.550. The van der Waals surface area contributed by atoms with Gasteiger partial charge < -0.3 is 40.3 Å². The molecule has 8 aromatic rings. The van der Waals surface area contributed by atoms with Gasteiger partial charge in [-0.3, -0.25) is 18.4 Å². The van der Waals surface area contributed by atoms with Gasteiger partial charge in [0.1, 0.15) is 30.4 Å². The minimum atomic E-state index is -1.13. The van der Waals surface area contributed by atoms with Crippen LogP contribution in [0.1, 0.15) is 47.4 Å². The van der Waals surface area contributed by atoms with Crippen LogP contribution in [-0.4, -0.2) is 92.1 Å². The lowest BCUT2D eigenvalue weighted by Crippen LogP contribution is -2.23. The molecule has 16 nitrogen and oxygen atoms in total. The zero-order valence-electron chi connectivity index (χ0n) is 40.0. The van der Waals surface area contributed by atoms with Gasteiger partial charge in [-0.15, -0.1) is 0 Å². The molecule has 356 valence electrons. The van der Waals surface area contributed by atoms with Gasteiger partial charge >= 0.3 is 0 Å². The first-order valence-corrected chi connectivity index (χ1v) is 30.6. The van der Waals surface area contributed by atoms with Crippen LogP contribution >= 0.6 is 11.6 Å². The maximum atomic E-state index is 12.2. The van der Waals surface area contributed by atoms with Crippen molar-refractivity contribution in [1.82, 2.24) is 48.5 Å². The van der Waals surface area contributed by atoms with Crippen LogP contribution in [0.25, 0.3) is 33.4 Å². The maximum Gasteiger partial charge on any atom is 0.251 e. The monoisotopic (exact) mass is 964 g/mol. The molecule has 0 atom stereocenters. The Morgan fingerprint density at radius 1 is 0.627 bits per heavy atom. The third-order valence-corrected chi connectivity index (χ3v) is 14.2. The smallest absolute Gasteiger partial charge is 0.251 e. The molecule has 6 heterocycles. The Labute approximate surface area is 399 Å². The average Bonchev–Trinajstić information content (AvgIpc) is 4.13. The van der Waals surface area contributed by atoms with Crippen LogP contribution < -0.4 is 21.7 Å². The van der Waals surface area contributed by atoms with E-state index in [0.717, 1.165) is 77.2 Å². The van der Waals surface area contributed by atoms with E-state index >= 15 is 0 Å². The van der Waals surface area contributed by atoms with E-state index in [2.05, 4.69) is 70.2 Å². The molecule has 0 unspecified atom stereocenters. The van der Waals surface area contributed by atoms with Crippen molar-refractivity contribution in [3.05, 3.63) is 114 Å². The number of nitrogens with one attached hydrogen (secondary N) is 3. The van der Waals surface area contributed by atoms with E-state index in [0.29, 0.717) is 54.6 Å². The fourth-order valence-electron chi connectivity index (χ4n) is 6.68. The second-order valence-corrected chi connectivity index (χ2v) is 30.2. The van der Waals surface area contributed by atoms with E-state index in [1.165, 1.54) is 0 Å². The van der Waals surface area contributed by atoms with Crippen molar-refractivity contribution >= 4 is 90.2 Å². The molecular weight excluding hydrogens is 900 g/mol. The first-order valence-electron chi connectivity index (χ1n) is 22.8. The predicted octanol–water partition coefficient (Wildman–Crippen LogP) is 9.94. The number of ether oxygens (including phenoxy) is 2. The van der Waals surface area contributed by atoms with Crippen molar-refractivity contribution in [2.24, 2.45) is 0 Å². The number of carbonyl (C=O) groups is 2. The number of aromatic nitrogens is 8. The Hall–Kier alpha value is -6.06. The third-order valence-electron chi connectivity index (χ3n) is 10.6. The van der Waals surface area contributed by atoms with Crippen LogP contribution in [0.5, 0.6) is 0 Å². The number of amides is 2. The van der Waals surface area contributed by atoms with Crippen LogP contribution in [0.2, 0.25) is 56.7 Å². The second kappa shape index (κ2) is 23.1. The van der Waals surface area contributed by atoms with Crippen molar-refractivity contribution < 1.29 is 19.1 Å². The first kappa shape index (κ1) is 50.4. The number of anilines is 3. The molecule has 0 bridgehead atoms. The summed E-state index contributed by atoms with van der Waals surface area (Å²) in [5.41, 5.74) is 11.6. The van der Waals surface area contributed by atoms with Crippen molar-refractivity contribution in [1.29, 1.82) is 0 Å². The number of fused-ring (bicyclic) bond motifs is 6. The Kier molecular flexibility index (Phi) is 17.4. The van der Waals surface area contributed by atoms with E-state index in [4.69, 9.17) is 31.8 Å². The lowest BCUT2D eigenvalue weighted by molar-refractivity contribution is 0.0898. The number of imidazole rings is 2. The van der Waals surface area contributed by atoms with E-state index in [-0.39, 0.29) is 11.8 Å². The molecule has 6 aromatic heterocycles. The molecule has 2 aromatic carbocycles. The quantitative estimate of drug-likeness (QED) is 0.0279. The van der Waals surface area contributed by atoms with Crippen LogP contribution in [0.15, 0.2) is 97.8 Å². The molecule has 5 N–H and O–H groups in total. The predicted molar refractivity (Wildman–Crippen MR) is 276 cm³/mol. The van der Waals surface area contributed by atoms with E-state index < -0.39 is 16.1 Å². The summed E-state index contributed by atoms with van der Waals surface area (Å²) in [4.78, 5) is 41.7. The molecular formula is C48H65ClN12O4Si2. The number of nitrogen functional groups attached to an aromatic ring is 1. The topological polar surface area (TPSA) is 185 Å². The van der Waals surface area contributed by atoms with E-state index in [1.807, 2.05) is 88.6 Å². The van der Waals surface area contributed by atoms with Crippen LogP contribution in [0.4, 0.5) is 17.3 Å². The summed E-state index contributed by atoms with van der Waals surface area (Å²) in [6, 6.07) is 20.6. The molecule has 0 aliphatic carbocycles. The maximum absolute atomic E-state index is 12.2. The Bertz CT molecular complexity index is 2860. The zero-order chi connectivity index (χ0) is 48.1. The summed E-state index contributed by atoms with van der Waals surface area (Å²) < 4.78 is 19.4. The van der Waals surface area contributed by atoms with Gasteiger partial charge in [0.25, 0.3) is 11.8 Å². The largest absolute Gasteiger partial charge is 0.399 e. The number of carbonyl (C=O) groups excluding carboxylic acids is 2. The third kappa shape index (κ3) is 14.0. The summed E-state index contributed by atoms with van der Waals surface area (Å²) in [6.07, 6.45) is 13.0. The van der Waals surface area contributed by atoms with Gasteiger partial charge in [0.15, 0.2) is 5.65 Å². The van der Waals surface area contributed by atoms with Gasteiger partial charge in [-0.2, -0.15) is 4.98 Å². The Balaban J connectivity index is 0.000000185. The van der Waals surface area contributed by atoms with Crippen LogP contribution in [0, 0.1) is 0 Å². The van der Waals surface area contributed by atoms with Gasteiger partial charge in [-0.25, -0.2) is 15.0 Å². The molecule has 0 spiro atoms. The summed E-state index contributed by atoms with van der Waals surface area (Å²) in [5, 5.41) is 11.4. The molecule has 0 radical (unpaired) electrons. The molecule has 8 rings (SSSR count). The van der Waals surface area contributed by atoms with E-state index in [9.17, 15) is 9.59 Å². The first-order chi connectivity index (χ1) is 32.0.